The second kappa shape index (κ2) is 20.9. The molecule has 0 aliphatic heterocycles. The molecule has 0 amide bonds. The summed E-state index contributed by atoms with van der Waals surface area (Å²) in [5.74, 6) is 0.409. The first-order chi connectivity index (χ1) is 13.2. The van der Waals surface area contributed by atoms with E-state index in [1.165, 1.54) is 6.92 Å². The molecule has 0 fully saturated rings. The van der Waals surface area contributed by atoms with Crippen LogP contribution in [0.5, 0.6) is 5.75 Å². The van der Waals surface area contributed by atoms with Gasteiger partial charge in [-0.15, -0.1) is 0 Å². The van der Waals surface area contributed by atoms with Crippen LogP contribution in [-0.2, 0) is 9.59 Å². The zero-order valence-electron chi connectivity index (χ0n) is 17.8. The van der Waals surface area contributed by atoms with Crippen molar-refractivity contribution in [3.05, 3.63) is 23.8 Å². The number of carbonyl (C=O) groups excluding carboxylic acids is 2. The minimum absolute atomic E-state index is 0.626. The molecule has 162 valence electrons. The molecule has 1 atom stereocenters. The van der Waals surface area contributed by atoms with Crippen LogP contribution in [0.15, 0.2) is 18.2 Å². The lowest BCUT2D eigenvalue weighted by molar-refractivity contribution is -0.138. The molecule has 0 radical (unpaired) electrons. The van der Waals surface area contributed by atoms with Gasteiger partial charge in [0.25, 0.3) is 0 Å². The SMILES string of the molecule is CC(C)CCC=O.CC(N)C(=O)O.CCNc1c(C=O)cccc1OC.CO. The summed E-state index contributed by atoms with van der Waals surface area (Å²) in [6.07, 6.45) is 3.54. The van der Waals surface area contributed by atoms with Gasteiger partial charge >= 0.3 is 5.97 Å². The Labute approximate surface area is 168 Å². The number of carbonyl (C=O) groups is 3. The number of benzene rings is 1. The number of nitrogens with two attached hydrogens (primary N) is 1. The lowest BCUT2D eigenvalue weighted by atomic mass is 10.1. The fourth-order valence-electron chi connectivity index (χ4n) is 1.58. The van der Waals surface area contributed by atoms with Gasteiger partial charge in [-0.3, -0.25) is 9.59 Å². The number of carboxylic acids is 1. The molecule has 1 unspecified atom stereocenters. The molecule has 0 saturated heterocycles. The van der Waals surface area contributed by atoms with Crippen LogP contribution in [0.2, 0.25) is 0 Å². The molecule has 0 heterocycles. The van der Waals surface area contributed by atoms with Gasteiger partial charge in [-0.2, -0.15) is 0 Å². The number of methoxy groups -OCH3 is 1. The summed E-state index contributed by atoms with van der Waals surface area (Å²) in [5.41, 5.74) is 6.23. The number of hydrogen-bond donors (Lipinski definition) is 4. The fourth-order valence-corrected chi connectivity index (χ4v) is 1.58. The van der Waals surface area contributed by atoms with Crippen molar-refractivity contribution in [2.24, 2.45) is 11.7 Å². The van der Waals surface area contributed by atoms with E-state index in [2.05, 4.69) is 19.2 Å². The first kappa shape index (κ1) is 30.3. The van der Waals surface area contributed by atoms with Crippen molar-refractivity contribution in [3.8, 4) is 5.75 Å². The Balaban J connectivity index is -0.000000355. The molecule has 1 rings (SSSR count). The average molecular weight is 401 g/mol. The van der Waals surface area contributed by atoms with Gasteiger partial charge in [0.15, 0.2) is 6.29 Å². The number of aldehydes is 2. The summed E-state index contributed by atoms with van der Waals surface area (Å²) in [5, 5.41) is 18.0. The summed E-state index contributed by atoms with van der Waals surface area (Å²) in [6.45, 7) is 8.39. The quantitative estimate of drug-likeness (QED) is 0.488. The van der Waals surface area contributed by atoms with E-state index < -0.39 is 12.0 Å². The zero-order chi connectivity index (χ0) is 22.5. The summed E-state index contributed by atoms with van der Waals surface area (Å²) in [6, 6.07) is 4.65. The van der Waals surface area contributed by atoms with Crippen LogP contribution in [0.3, 0.4) is 0 Å². The minimum Gasteiger partial charge on any atom is -0.495 e. The number of aliphatic hydroxyl groups excluding tert-OH is 1. The van der Waals surface area contributed by atoms with Crippen molar-refractivity contribution in [3.63, 3.8) is 0 Å². The minimum atomic E-state index is -0.963. The number of ether oxygens (including phenoxy) is 1. The van der Waals surface area contributed by atoms with E-state index in [9.17, 15) is 14.4 Å². The average Bonchev–Trinajstić information content (AvgIpc) is 2.69. The Morgan fingerprint density at radius 1 is 1.25 bits per heavy atom. The summed E-state index contributed by atoms with van der Waals surface area (Å²) in [7, 11) is 2.59. The molecule has 0 spiro atoms. The molecular formula is C20H36N2O6. The predicted octanol–water partition coefficient (Wildman–Crippen LogP) is 2.59. The molecule has 0 aliphatic rings. The van der Waals surface area contributed by atoms with Gasteiger partial charge in [0.05, 0.1) is 12.8 Å². The lowest BCUT2D eigenvalue weighted by Crippen LogP contribution is -2.25. The Kier molecular flexibility index (Phi) is 22.6. The van der Waals surface area contributed by atoms with E-state index >= 15 is 0 Å². The van der Waals surface area contributed by atoms with Crippen molar-refractivity contribution in [1.82, 2.24) is 0 Å². The highest BCUT2D eigenvalue weighted by Gasteiger charge is 2.06. The summed E-state index contributed by atoms with van der Waals surface area (Å²) >= 11 is 0. The molecule has 0 aliphatic carbocycles. The molecule has 0 bridgehead atoms. The van der Waals surface area contributed by atoms with Crippen molar-refractivity contribution in [1.29, 1.82) is 0 Å². The van der Waals surface area contributed by atoms with Gasteiger partial charge in [0.2, 0.25) is 0 Å². The maximum atomic E-state index is 10.7. The van der Waals surface area contributed by atoms with Crippen LogP contribution in [0.4, 0.5) is 5.69 Å². The summed E-state index contributed by atoms with van der Waals surface area (Å²) in [4.78, 5) is 30.0. The number of para-hydroxylation sites is 1. The number of rotatable bonds is 8. The van der Waals surface area contributed by atoms with Crippen LogP contribution in [0, 0.1) is 5.92 Å². The van der Waals surface area contributed by atoms with Crippen LogP contribution in [0.1, 0.15) is 50.9 Å². The van der Waals surface area contributed by atoms with Crippen LogP contribution in [0.25, 0.3) is 0 Å². The van der Waals surface area contributed by atoms with E-state index in [1.54, 1.807) is 19.2 Å². The van der Waals surface area contributed by atoms with Crippen molar-refractivity contribution < 1.29 is 29.3 Å². The number of carboxylic acid groups (broad SMARTS) is 1. The molecule has 8 heteroatoms. The van der Waals surface area contributed by atoms with Crippen LogP contribution < -0.4 is 15.8 Å². The van der Waals surface area contributed by atoms with Gasteiger partial charge in [0, 0.05) is 25.6 Å². The van der Waals surface area contributed by atoms with E-state index in [1.807, 2.05) is 13.0 Å². The van der Waals surface area contributed by atoms with E-state index in [4.69, 9.17) is 20.7 Å². The van der Waals surface area contributed by atoms with Gasteiger partial charge in [-0.05, 0) is 38.3 Å². The van der Waals surface area contributed by atoms with Crippen molar-refractivity contribution in [2.45, 2.75) is 46.6 Å². The van der Waals surface area contributed by atoms with E-state index in [0.717, 1.165) is 44.8 Å². The highest BCUT2D eigenvalue weighted by Crippen LogP contribution is 2.26. The Morgan fingerprint density at radius 3 is 2.07 bits per heavy atom. The molecule has 28 heavy (non-hydrogen) atoms. The van der Waals surface area contributed by atoms with Crippen molar-refractivity contribution >= 4 is 24.2 Å². The topological polar surface area (TPSA) is 139 Å². The molecule has 5 N–H and O–H groups in total. The molecule has 1 aromatic rings. The molecular weight excluding hydrogens is 364 g/mol. The third kappa shape index (κ3) is 17.0. The standard InChI is InChI=1S/C10H13NO2.C6H12O.C3H7NO2.CH4O/c1-3-11-10-8(7-12)5-4-6-9(10)13-2;1-6(2)4-3-5-7;1-2(4)3(5)6;1-2/h4-7,11H,3H2,1-2H3;5-6H,3-4H2,1-2H3;2H,4H2,1H3,(H,5,6);2H,1H3. The lowest BCUT2D eigenvalue weighted by Gasteiger charge is -2.11. The third-order valence-electron chi connectivity index (χ3n) is 3.01. The molecule has 8 nitrogen and oxygen atoms in total. The first-order valence-electron chi connectivity index (χ1n) is 8.97. The third-order valence-corrected chi connectivity index (χ3v) is 3.01. The van der Waals surface area contributed by atoms with Crippen LogP contribution in [-0.4, -0.2) is 55.6 Å². The largest absolute Gasteiger partial charge is 0.495 e. The number of aliphatic carboxylic acids is 1. The predicted molar refractivity (Wildman–Crippen MR) is 112 cm³/mol. The number of aliphatic hydroxyl groups is 1. The number of nitrogens with one attached hydrogen (secondary N) is 1. The Bertz CT molecular complexity index is 533. The van der Waals surface area contributed by atoms with Gasteiger partial charge in [0.1, 0.15) is 18.1 Å². The maximum absolute atomic E-state index is 10.7. The zero-order valence-corrected chi connectivity index (χ0v) is 17.8. The maximum Gasteiger partial charge on any atom is 0.320 e. The second-order valence-electron chi connectivity index (χ2n) is 5.84. The monoisotopic (exact) mass is 400 g/mol. The smallest absolute Gasteiger partial charge is 0.320 e. The van der Waals surface area contributed by atoms with Gasteiger partial charge in [-0.25, -0.2) is 0 Å². The van der Waals surface area contributed by atoms with Crippen LogP contribution >= 0.6 is 0 Å². The molecule has 0 aromatic heterocycles. The highest BCUT2D eigenvalue weighted by atomic mass is 16.5. The molecule has 1 aromatic carbocycles. The molecule has 0 saturated carbocycles. The first-order valence-corrected chi connectivity index (χ1v) is 8.97. The Morgan fingerprint density at radius 2 is 1.79 bits per heavy atom. The summed E-state index contributed by atoms with van der Waals surface area (Å²) < 4.78 is 5.12. The second-order valence-corrected chi connectivity index (χ2v) is 5.84. The fraction of sp³-hybridized carbons (Fsp3) is 0.550. The van der Waals surface area contributed by atoms with Crippen molar-refractivity contribution in [2.75, 3.05) is 26.1 Å². The van der Waals surface area contributed by atoms with E-state index in [-0.39, 0.29) is 0 Å². The Hall–Kier alpha value is -2.45. The van der Waals surface area contributed by atoms with Gasteiger partial charge < -0.3 is 30.8 Å². The number of anilines is 1. The number of hydrogen-bond acceptors (Lipinski definition) is 7. The highest BCUT2D eigenvalue weighted by molar-refractivity contribution is 5.86. The van der Waals surface area contributed by atoms with Gasteiger partial charge in [-0.1, -0.05) is 19.9 Å². The van der Waals surface area contributed by atoms with E-state index in [0.29, 0.717) is 17.2 Å². The normalized spacial score (nSPS) is 9.89.